The summed E-state index contributed by atoms with van der Waals surface area (Å²) in [7, 11) is 0. The molecule has 158 valence electrons. The highest BCUT2D eigenvalue weighted by Gasteiger charge is 2.48. The minimum atomic E-state index is -3.23. The van der Waals surface area contributed by atoms with Gasteiger partial charge < -0.3 is 15.1 Å². The summed E-state index contributed by atoms with van der Waals surface area (Å²) in [6.07, 6.45) is -0.287. The van der Waals surface area contributed by atoms with Crippen molar-refractivity contribution in [3.63, 3.8) is 0 Å². The van der Waals surface area contributed by atoms with Crippen LogP contribution in [0.3, 0.4) is 0 Å². The third kappa shape index (κ3) is 5.42. The fourth-order valence-electron chi connectivity index (χ4n) is 2.58. The molecule has 0 aliphatic carbocycles. The van der Waals surface area contributed by atoms with E-state index in [9.17, 15) is 23.2 Å². The molecule has 1 aromatic carbocycles. The minimum Gasteiger partial charge on any atom is -0.471 e. The molecule has 8 nitrogen and oxygen atoms in total. The standard InChI is InChI=1S/C20H19F2N3O5/c1-12(26)24-20(2,19(21)22)16(18(28)25-29)23-17(27)15-7-5-13(6-8-15)3-4-14-9-10-30-11-14/h5-11,16,19,29H,1-2H3,(H,23,27)(H,24,26)(H,25,28)/t16-,20?/m1/s1. The van der Waals surface area contributed by atoms with Gasteiger partial charge in [-0.15, -0.1) is 0 Å². The van der Waals surface area contributed by atoms with Crippen molar-refractivity contribution in [3.05, 3.63) is 59.5 Å². The van der Waals surface area contributed by atoms with E-state index in [1.807, 2.05) is 5.32 Å². The highest BCUT2D eigenvalue weighted by atomic mass is 19.3. The highest BCUT2D eigenvalue weighted by molar-refractivity contribution is 5.98. The number of hydroxylamine groups is 1. The van der Waals surface area contributed by atoms with Gasteiger partial charge in [-0.2, -0.15) is 0 Å². The van der Waals surface area contributed by atoms with E-state index in [0.29, 0.717) is 11.1 Å². The van der Waals surface area contributed by atoms with Gasteiger partial charge >= 0.3 is 0 Å². The Labute approximate surface area is 170 Å². The first-order chi connectivity index (χ1) is 14.2. The first-order valence-electron chi connectivity index (χ1n) is 8.63. The number of nitrogens with one attached hydrogen (secondary N) is 3. The zero-order chi connectivity index (χ0) is 22.3. The molecule has 1 heterocycles. The molecule has 0 radical (unpaired) electrons. The van der Waals surface area contributed by atoms with E-state index in [1.54, 1.807) is 6.07 Å². The molecule has 2 atom stereocenters. The van der Waals surface area contributed by atoms with Crippen LogP contribution in [0.1, 0.15) is 35.3 Å². The normalized spacial score (nSPS) is 13.4. The monoisotopic (exact) mass is 419 g/mol. The van der Waals surface area contributed by atoms with E-state index in [1.165, 1.54) is 42.3 Å². The Morgan fingerprint density at radius 2 is 1.73 bits per heavy atom. The van der Waals surface area contributed by atoms with Crippen molar-refractivity contribution >= 4 is 17.7 Å². The molecule has 4 N–H and O–H groups in total. The fourth-order valence-corrected chi connectivity index (χ4v) is 2.58. The molecule has 0 saturated heterocycles. The largest absolute Gasteiger partial charge is 0.471 e. The van der Waals surface area contributed by atoms with Crippen molar-refractivity contribution in [2.24, 2.45) is 0 Å². The summed E-state index contributed by atoms with van der Waals surface area (Å²) in [4.78, 5) is 35.8. The van der Waals surface area contributed by atoms with Crippen LogP contribution in [-0.4, -0.2) is 40.9 Å². The van der Waals surface area contributed by atoms with Gasteiger partial charge in [-0.05, 0) is 37.3 Å². The maximum absolute atomic E-state index is 13.6. The quantitative estimate of drug-likeness (QED) is 0.321. The number of rotatable bonds is 6. The number of halogens is 2. The molecule has 2 aromatic rings. The smallest absolute Gasteiger partial charge is 0.268 e. The van der Waals surface area contributed by atoms with Gasteiger partial charge in [0.2, 0.25) is 5.91 Å². The van der Waals surface area contributed by atoms with Crippen molar-refractivity contribution in [2.75, 3.05) is 0 Å². The van der Waals surface area contributed by atoms with Crippen molar-refractivity contribution in [3.8, 4) is 11.8 Å². The number of benzene rings is 1. The van der Waals surface area contributed by atoms with E-state index in [2.05, 4.69) is 17.2 Å². The summed E-state index contributed by atoms with van der Waals surface area (Å²) < 4.78 is 32.2. The Bertz CT molecular complexity index is 965. The maximum Gasteiger partial charge on any atom is 0.268 e. The second-order valence-electron chi connectivity index (χ2n) is 6.49. The molecule has 1 aromatic heterocycles. The van der Waals surface area contributed by atoms with Crippen LogP contribution in [-0.2, 0) is 9.59 Å². The summed E-state index contributed by atoms with van der Waals surface area (Å²) in [6.45, 7) is 1.87. The molecule has 30 heavy (non-hydrogen) atoms. The lowest BCUT2D eigenvalue weighted by molar-refractivity contribution is -0.137. The van der Waals surface area contributed by atoms with Crippen molar-refractivity contribution in [2.45, 2.75) is 31.9 Å². The molecule has 1 unspecified atom stereocenters. The number of hydrogen-bond acceptors (Lipinski definition) is 5. The van der Waals surface area contributed by atoms with Crippen LogP contribution in [0.2, 0.25) is 0 Å². The zero-order valence-electron chi connectivity index (χ0n) is 16.0. The number of hydrogen-bond donors (Lipinski definition) is 4. The van der Waals surface area contributed by atoms with Gasteiger partial charge in [0, 0.05) is 18.1 Å². The van der Waals surface area contributed by atoms with Gasteiger partial charge in [-0.25, -0.2) is 14.3 Å². The Balaban J connectivity index is 2.22. The lowest BCUT2D eigenvalue weighted by atomic mass is 9.91. The first-order valence-corrected chi connectivity index (χ1v) is 8.63. The number of carbonyl (C=O) groups excluding carboxylic acids is 3. The van der Waals surface area contributed by atoms with Gasteiger partial charge in [-0.3, -0.25) is 19.6 Å². The predicted molar refractivity (Wildman–Crippen MR) is 101 cm³/mol. The molecule has 3 amide bonds. The molecule has 10 heteroatoms. The first kappa shape index (κ1) is 22.6. The summed E-state index contributed by atoms with van der Waals surface area (Å²) in [5, 5.41) is 13.0. The Hall–Kier alpha value is -3.71. The van der Waals surface area contributed by atoms with E-state index in [0.717, 1.165) is 13.8 Å². The zero-order valence-corrected chi connectivity index (χ0v) is 16.0. The maximum atomic E-state index is 13.6. The van der Waals surface area contributed by atoms with Gasteiger partial charge in [0.05, 0.1) is 11.8 Å². The topological polar surface area (TPSA) is 121 Å². The molecule has 0 saturated carbocycles. The molecule has 0 spiro atoms. The molecular weight excluding hydrogens is 400 g/mol. The van der Waals surface area contributed by atoms with E-state index < -0.39 is 35.7 Å². The fraction of sp³-hybridized carbons (Fsp3) is 0.250. The van der Waals surface area contributed by atoms with Crippen LogP contribution in [0, 0.1) is 11.8 Å². The molecule has 0 aliphatic rings. The molecule has 2 rings (SSSR count). The lowest BCUT2D eigenvalue weighted by Gasteiger charge is -2.36. The molecular formula is C20H19F2N3O5. The van der Waals surface area contributed by atoms with Crippen molar-refractivity contribution in [1.29, 1.82) is 0 Å². The van der Waals surface area contributed by atoms with E-state index >= 15 is 0 Å². The van der Waals surface area contributed by atoms with E-state index in [4.69, 9.17) is 9.62 Å². The van der Waals surface area contributed by atoms with Crippen LogP contribution in [0.25, 0.3) is 0 Å². The predicted octanol–water partition coefficient (Wildman–Crippen LogP) is 1.44. The van der Waals surface area contributed by atoms with Crippen LogP contribution in [0.15, 0.2) is 47.3 Å². The Kier molecular flexibility index (Phi) is 7.27. The Morgan fingerprint density at radius 3 is 2.23 bits per heavy atom. The average molecular weight is 419 g/mol. The van der Waals surface area contributed by atoms with Crippen LogP contribution < -0.4 is 16.1 Å². The third-order valence-electron chi connectivity index (χ3n) is 4.17. The van der Waals surface area contributed by atoms with Gasteiger partial charge in [0.25, 0.3) is 18.2 Å². The number of furan rings is 1. The molecule has 0 aliphatic heterocycles. The summed E-state index contributed by atoms with van der Waals surface area (Å²) >= 11 is 0. The lowest BCUT2D eigenvalue weighted by Crippen LogP contribution is -2.68. The summed E-state index contributed by atoms with van der Waals surface area (Å²) in [6, 6.07) is 5.56. The second-order valence-corrected chi connectivity index (χ2v) is 6.49. The van der Waals surface area contributed by atoms with Crippen molar-refractivity contribution < 1.29 is 32.8 Å². The third-order valence-corrected chi connectivity index (χ3v) is 4.17. The van der Waals surface area contributed by atoms with Crippen LogP contribution in [0.5, 0.6) is 0 Å². The Morgan fingerprint density at radius 1 is 1.10 bits per heavy atom. The van der Waals surface area contributed by atoms with Gasteiger partial charge in [-0.1, -0.05) is 11.8 Å². The minimum absolute atomic E-state index is 0.0547. The van der Waals surface area contributed by atoms with E-state index in [-0.39, 0.29) is 5.56 Å². The SMILES string of the molecule is CC(=O)NC(C)(C(F)F)[C@H](NC(=O)c1ccc(C#Cc2ccoc2)cc1)C(=O)NO. The second kappa shape index (κ2) is 9.67. The van der Waals surface area contributed by atoms with Gasteiger partial charge in [0.15, 0.2) is 0 Å². The van der Waals surface area contributed by atoms with Gasteiger partial charge in [0.1, 0.15) is 17.8 Å². The average Bonchev–Trinajstić information content (AvgIpc) is 3.23. The van der Waals surface area contributed by atoms with Crippen LogP contribution >= 0.6 is 0 Å². The molecule has 0 bridgehead atoms. The summed E-state index contributed by atoms with van der Waals surface area (Å²) in [5.41, 5.74) is 0.0600. The van der Waals surface area contributed by atoms with Crippen molar-refractivity contribution in [1.82, 2.24) is 16.1 Å². The van der Waals surface area contributed by atoms with Crippen LogP contribution in [0.4, 0.5) is 8.78 Å². The summed E-state index contributed by atoms with van der Waals surface area (Å²) in [5.74, 6) is 2.68. The molecule has 0 fully saturated rings. The number of alkyl halides is 2. The number of amides is 3. The number of carbonyl (C=O) groups is 3. The highest BCUT2D eigenvalue weighted by Crippen LogP contribution is 2.21.